The van der Waals surface area contributed by atoms with Gasteiger partial charge in [0.15, 0.2) is 11.5 Å². The number of carbonyl (C=O) groups is 1. The van der Waals surface area contributed by atoms with Gasteiger partial charge in [0.1, 0.15) is 4.90 Å². The second-order valence-corrected chi connectivity index (χ2v) is 6.04. The molecular formula is C15H15N3O5S. The van der Waals surface area contributed by atoms with Gasteiger partial charge in [0.25, 0.3) is 0 Å². The lowest BCUT2D eigenvalue weighted by atomic mass is 10.2. The molecule has 0 heterocycles. The van der Waals surface area contributed by atoms with Crippen LogP contribution in [0.25, 0.3) is 0 Å². The molecule has 3 N–H and O–H groups in total. The number of nitrogens with two attached hydrogens (primary N) is 1. The van der Waals surface area contributed by atoms with E-state index in [9.17, 15) is 13.2 Å². The van der Waals surface area contributed by atoms with Crippen LogP contribution in [-0.4, -0.2) is 27.8 Å². The van der Waals surface area contributed by atoms with Crippen LogP contribution in [0.15, 0.2) is 58.5 Å². The standard InChI is InChI=1S/C15H15N3O5S/c1-22-14-9-11(10-17-18-15(16)19)7-8-13(14)23-24(20,21)12-5-3-2-4-6-12/h2-10H,1H3,(H3,16,18,19)/b17-10-. The van der Waals surface area contributed by atoms with Gasteiger partial charge in [-0.2, -0.15) is 13.5 Å². The van der Waals surface area contributed by atoms with Gasteiger partial charge in [0, 0.05) is 0 Å². The smallest absolute Gasteiger partial charge is 0.339 e. The van der Waals surface area contributed by atoms with Crippen molar-refractivity contribution in [2.45, 2.75) is 4.90 Å². The van der Waals surface area contributed by atoms with Gasteiger partial charge < -0.3 is 14.7 Å². The average molecular weight is 349 g/mol. The van der Waals surface area contributed by atoms with Crippen LogP contribution in [0.1, 0.15) is 5.56 Å². The number of ether oxygens (including phenoxy) is 1. The number of rotatable bonds is 6. The SMILES string of the molecule is COc1cc(/C=N\NC(N)=O)ccc1OS(=O)(=O)c1ccccc1. The zero-order valence-electron chi connectivity index (χ0n) is 12.7. The van der Waals surface area contributed by atoms with Gasteiger partial charge in [-0.15, -0.1) is 0 Å². The Balaban J connectivity index is 2.25. The number of hydrazone groups is 1. The second-order valence-electron chi connectivity index (χ2n) is 4.50. The lowest BCUT2D eigenvalue weighted by Crippen LogP contribution is -2.24. The highest BCUT2D eigenvalue weighted by atomic mass is 32.2. The molecule has 0 saturated heterocycles. The molecule has 0 aromatic heterocycles. The highest BCUT2D eigenvalue weighted by Crippen LogP contribution is 2.30. The molecule has 0 bridgehead atoms. The summed E-state index contributed by atoms with van der Waals surface area (Å²) >= 11 is 0. The molecule has 0 unspecified atom stereocenters. The van der Waals surface area contributed by atoms with Crippen molar-refractivity contribution in [2.24, 2.45) is 10.8 Å². The Morgan fingerprint density at radius 1 is 1.17 bits per heavy atom. The summed E-state index contributed by atoms with van der Waals surface area (Å²) in [5.74, 6) is 0.221. The maximum absolute atomic E-state index is 12.2. The van der Waals surface area contributed by atoms with E-state index in [2.05, 4.69) is 5.10 Å². The van der Waals surface area contributed by atoms with Gasteiger partial charge >= 0.3 is 16.1 Å². The quantitative estimate of drug-likeness (QED) is 0.465. The minimum atomic E-state index is -3.97. The summed E-state index contributed by atoms with van der Waals surface area (Å²) in [6, 6.07) is 11.4. The average Bonchev–Trinajstić information content (AvgIpc) is 2.56. The molecule has 2 rings (SSSR count). The van der Waals surface area contributed by atoms with Crippen LogP contribution in [-0.2, 0) is 10.1 Å². The molecule has 0 spiro atoms. The Morgan fingerprint density at radius 3 is 2.50 bits per heavy atom. The van der Waals surface area contributed by atoms with Crippen LogP contribution < -0.4 is 20.1 Å². The Morgan fingerprint density at radius 2 is 1.88 bits per heavy atom. The maximum Gasteiger partial charge on any atom is 0.339 e. The fraction of sp³-hybridized carbons (Fsp3) is 0.0667. The number of hydrogen-bond acceptors (Lipinski definition) is 6. The van der Waals surface area contributed by atoms with Crippen LogP contribution in [0.5, 0.6) is 11.5 Å². The summed E-state index contributed by atoms with van der Waals surface area (Å²) < 4.78 is 34.7. The summed E-state index contributed by atoms with van der Waals surface area (Å²) in [6.07, 6.45) is 1.32. The highest BCUT2D eigenvalue weighted by Gasteiger charge is 2.18. The van der Waals surface area contributed by atoms with Gasteiger partial charge in [0.2, 0.25) is 0 Å². The van der Waals surface area contributed by atoms with Gasteiger partial charge in [-0.3, -0.25) is 0 Å². The van der Waals surface area contributed by atoms with Crippen molar-refractivity contribution >= 4 is 22.4 Å². The number of urea groups is 1. The van der Waals surface area contributed by atoms with Crippen LogP contribution in [0.2, 0.25) is 0 Å². The van der Waals surface area contributed by atoms with Crippen molar-refractivity contribution in [1.29, 1.82) is 0 Å². The van der Waals surface area contributed by atoms with Crippen LogP contribution in [0.4, 0.5) is 4.79 Å². The third-order valence-corrected chi connectivity index (χ3v) is 4.06. The molecule has 0 radical (unpaired) electrons. The van der Waals surface area contributed by atoms with E-state index in [1.807, 2.05) is 5.43 Å². The number of amides is 2. The molecule has 2 aromatic rings. The molecule has 24 heavy (non-hydrogen) atoms. The molecule has 0 aliphatic rings. The van der Waals surface area contributed by atoms with E-state index in [1.54, 1.807) is 24.3 Å². The summed E-state index contributed by atoms with van der Waals surface area (Å²) in [4.78, 5) is 10.6. The Hall–Kier alpha value is -3.07. The monoisotopic (exact) mass is 349 g/mol. The van der Waals surface area contributed by atoms with Gasteiger partial charge in [-0.05, 0) is 35.9 Å². The topological polar surface area (TPSA) is 120 Å². The Kier molecular flexibility index (Phi) is 5.38. The van der Waals surface area contributed by atoms with Gasteiger partial charge in [0.05, 0.1) is 13.3 Å². The number of methoxy groups -OCH3 is 1. The molecule has 0 fully saturated rings. The number of primary amides is 1. The molecule has 0 aliphatic heterocycles. The van der Waals surface area contributed by atoms with Crippen molar-refractivity contribution in [1.82, 2.24) is 5.43 Å². The number of nitrogens with zero attached hydrogens (tertiary/aromatic N) is 1. The molecule has 2 aromatic carbocycles. The second kappa shape index (κ2) is 7.47. The first-order valence-corrected chi connectivity index (χ1v) is 8.09. The zero-order valence-corrected chi connectivity index (χ0v) is 13.5. The molecule has 0 aliphatic carbocycles. The van der Waals surface area contributed by atoms with Crippen molar-refractivity contribution in [2.75, 3.05) is 7.11 Å². The summed E-state index contributed by atoms with van der Waals surface area (Å²) in [7, 11) is -2.60. The van der Waals surface area contributed by atoms with Crippen molar-refractivity contribution in [3.63, 3.8) is 0 Å². The number of carbonyl (C=O) groups excluding carboxylic acids is 1. The number of benzene rings is 2. The lowest BCUT2D eigenvalue weighted by Gasteiger charge is -2.11. The normalized spacial score (nSPS) is 11.2. The van der Waals surface area contributed by atoms with Crippen LogP contribution in [0, 0.1) is 0 Å². The first-order chi connectivity index (χ1) is 11.4. The van der Waals surface area contributed by atoms with Crippen LogP contribution >= 0.6 is 0 Å². The predicted molar refractivity (Wildman–Crippen MR) is 87.6 cm³/mol. The van der Waals surface area contributed by atoms with E-state index in [1.165, 1.54) is 37.6 Å². The van der Waals surface area contributed by atoms with Gasteiger partial charge in [-0.25, -0.2) is 10.2 Å². The van der Waals surface area contributed by atoms with E-state index in [0.717, 1.165) is 0 Å². The fourth-order valence-corrected chi connectivity index (χ4v) is 2.72. The Labute approximate surface area is 139 Å². The highest BCUT2D eigenvalue weighted by molar-refractivity contribution is 7.87. The first kappa shape index (κ1) is 17.3. The fourth-order valence-electron chi connectivity index (χ4n) is 1.76. The summed E-state index contributed by atoms with van der Waals surface area (Å²) in [5.41, 5.74) is 7.48. The minimum absolute atomic E-state index is 0.0290. The maximum atomic E-state index is 12.2. The third kappa shape index (κ3) is 4.46. The third-order valence-electron chi connectivity index (χ3n) is 2.81. The summed E-state index contributed by atoms with van der Waals surface area (Å²) in [5, 5.41) is 3.60. The van der Waals surface area contributed by atoms with Crippen molar-refractivity contribution in [3.05, 3.63) is 54.1 Å². The van der Waals surface area contributed by atoms with E-state index in [4.69, 9.17) is 14.7 Å². The van der Waals surface area contributed by atoms with E-state index in [-0.39, 0.29) is 16.4 Å². The van der Waals surface area contributed by atoms with Crippen molar-refractivity contribution in [3.8, 4) is 11.5 Å². The molecule has 8 nitrogen and oxygen atoms in total. The lowest BCUT2D eigenvalue weighted by molar-refractivity contribution is 0.249. The molecule has 0 atom stereocenters. The van der Waals surface area contributed by atoms with E-state index >= 15 is 0 Å². The molecule has 126 valence electrons. The summed E-state index contributed by atoms with van der Waals surface area (Å²) in [6.45, 7) is 0. The molecule has 9 heteroatoms. The van der Waals surface area contributed by atoms with Gasteiger partial charge in [-0.1, -0.05) is 18.2 Å². The zero-order chi connectivity index (χ0) is 17.6. The number of nitrogens with one attached hydrogen (secondary N) is 1. The molecular weight excluding hydrogens is 334 g/mol. The largest absolute Gasteiger partial charge is 0.493 e. The number of hydrogen-bond donors (Lipinski definition) is 2. The minimum Gasteiger partial charge on any atom is -0.493 e. The van der Waals surface area contributed by atoms with Crippen LogP contribution in [0.3, 0.4) is 0 Å². The van der Waals surface area contributed by atoms with Crippen molar-refractivity contribution < 1.29 is 22.1 Å². The molecule has 2 amide bonds. The van der Waals surface area contributed by atoms with E-state index in [0.29, 0.717) is 5.56 Å². The van der Waals surface area contributed by atoms with E-state index < -0.39 is 16.1 Å². The Bertz CT molecular complexity index is 851. The molecule has 0 saturated carbocycles. The first-order valence-electron chi connectivity index (χ1n) is 6.68. The predicted octanol–water partition coefficient (Wildman–Crippen LogP) is 1.47.